The first kappa shape index (κ1) is 15.2. The summed E-state index contributed by atoms with van der Waals surface area (Å²) in [5, 5.41) is 10.7. The van der Waals surface area contributed by atoms with E-state index in [4.69, 9.17) is 0 Å². The summed E-state index contributed by atoms with van der Waals surface area (Å²) < 4.78 is 0. The highest BCUT2D eigenvalue weighted by Gasteiger charge is 2.14. The largest absolute Gasteiger partial charge is 0.272 e. The Hall–Kier alpha value is -3.22. The molecule has 0 aliphatic heterocycles. The molecule has 0 unspecified atom stereocenters. The van der Waals surface area contributed by atoms with Crippen molar-refractivity contribution in [2.75, 3.05) is 0 Å². The number of benzene rings is 2. The summed E-state index contributed by atoms with van der Waals surface area (Å²) in [5.74, 6) is -1.00. The maximum absolute atomic E-state index is 11.9. The summed E-state index contributed by atoms with van der Waals surface area (Å²) in [6.07, 6.45) is 0. The summed E-state index contributed by atoms with van der Waals surface area (Å²) in [6.45, 7) is 1.54. The summed E-state index contributed by atoms with van der Waals surface area (Å²) >= 11 is 0. The highest BCUT2D eigenvalue weighted by Crippen LogP contribution is 2.18. The molecule has 2 amide bonds. The average molecular weight is 299 g/mol. The van der Waals surface area contributed by atoms with Crippen molar-refractivity contribution in [3.63, 3.8) is 0 Å². The van der Waals surface area contributed by atoms with Crippen LogP contribution in [0.5, 0.6) is 0 Å². The fourth-order valence-corrected chi connectivity index (χ4v) is 1.85. The first-order valence-corrected chi connectivity index (χ1v) is 6.40. The lowest BCUT2D eigenvalue weighted by atomic mass is 10.1. The second-order valence-corrected chi connectivity index (χ2v) is 4.53. The number of carbonyl (C=O) groups excluding carboxylic acids is 2. The van der Waals surface area contributed by atoms with E-state index in [1.54, 1.807) is 30.3 Å². The molecule has 7 heteroatoms. The third-order valence-corrected chi connectivity index (χ3v) is 2.98. The van der Waals surface area contributed by atoms with Gasteiger partial charge in [0.25, 0.3) is 17.5 Å². The predicted octanol–water partition coefficient (Wildman–Crippen LogP) is 1.98. The molecule has 2 aromatic carbocycles. The third-order valence-electron chi connectivity index (χ3n) is 2.98. The van der Waals surface area contributed by atoms with Crippen molar-refractivity contribution in [1.29, 1.82) is 0 Å². The molecule has 0 radical (unpaired) electrons. The van der Waals surface area contributed by atoms with E-state index in [1.165, 1.54) is 25.1 Å². The van der Waals surface area contributed by atoms with Gasteiger partial charge in [-0.15, -0.1) is 0 Å². The lowest BCUT2D eigenvalue weighted by Crippen LogP contribution is -2.41. The Bertz CT molecular complexity index is 729. The number of carbonyl (C=O) groups is 2. The molecule has 0 aromatic heterocycles. The van der Waals surface area contributed by atoms with Gasteiger partial charge in [0, 0.05) is 22.8 Å². The summed E-state index contributed by atoms with van der Waals surface area (Å²) in [5.41, 5.74) is 5.47. The standard InChI is InChI=1S/C15H13N3O4/c1-10-9-12(7-8-13(10)18(21)22)15(20)17-16-14(19)11-5-3-2-4-6-11/h2-9H,1H3,(H,16,19)(H,17,20). The molecule has 0 aliphatic rings. The smallest absolute Gasteiger partial charge is 0.267 e. The van der Waals surface area contributed by atoms with Crippen LogP contribution >= 0.6 is 0 Å². The third kappa shape index (κ3) is 3.45. The number of nitro benzene ring substituents is 1. The molecular weight excluding hydrogens is 286 g/mol. The minimum absolute atomic E-state index is 0.0649. The Kier molecular flexibility index (Phi) is 4.47. The van der Waals surface area contributed by atoms with Crippen LogP contribution in [0.4, 0.5) is 5.69 Å². The van der Waals surface area contributed by atoms with E-state index in [-0.39, 0.29) is 11.3 Å². The number of nitro groups is 1. The molecule has 2 N–H and O–H groups in total. The van der Waals surface area contributed by atoms with Crippen LogP contribution in [0.3, 0.4) is 0 Å². The fraction of sp³-hybridized carbons (Fsp3) is 0.0667. The van der Waals surface area contributed by atoms with Crippen LogP contribution in [-0.4, -0.2) is 16.7 Å². The topological polar surface area (TPSA) is 101 Å². The van der Waals surface area contributed by atoms with Gasteiger partial charge in [0.2, 0.25) is 0 Å². The van der Waals surface area contributed by atoms with Crippen LogP contribution in [-0.2, 0) is 0 Å². The van der Waals surface area contributed by atoms with Crippen LogP contribution < -0.4 is 10.9 Å². The van der Waals surface area contributed by atoms with Gasteiger partial charge in [-0.25, -0.2) is 0 Å². The summed E-state index contributed by atoms with van der Waals surface area (Å²) in [7, 11) is 0. The van der Waals surface area contributed by atoms with Gasteiger partial charge in [-0.1, -0.05) is 18.2 Å². The SMILES string of the molecule is Cc1cc(C(=O)NNC(=O)c2ccccc2)ccc1[N+](=O)[O-]. The average Bonchev–Trinajstić information content (AvgIpc) is 2.52. The highest BCUT2D eigenvalue weighted by atomic mass is 16.6. The molecule has 2 aromatic rings. The predicted molar refractivity (Wildman–Crippen MR) is 79.2 cm³/mol. The zero-order valence-electron chi connectivity index (χ0n) is 11.7. The van der Waals surface area contributed by atoms with Crippen LogP contribution in [0.1, 0.15) is 26.3 Å². The molecule has 7 nitrogen and oxygen atoms in total. The zero-order valence-corrected chi connectivity index (χ0v) is 11.7. The molecule has 112 valence electrons. The number of rotatable bonds is 3. The number of hydrogen-bond acceptors (Lipinski definition) is 4. The van der Waals surface area contributed by atoms with Crippen molar-refractivity contribution in [2.24, 2.45) is 0 Å². The van der Waals surface area contributed by atoms with Gasteiger partial charge < -0.3 is 0 Å². The number of nitrogens with zero attached hydrogens (tertiary/aromatic N) is 1. The van der Waals surface area contributed by atoms with Crippen LogP contribution in [0, 0.1) is 17.0 Å². The van der Waals surface area contributed by atoms with Crippen molar-refractivity contribution >= 4 is 17.5 Å². The van der Waals surface area contributed by atoms with Gasteiger partial charge >= 0.3 is 0 Å². The second kappa shape index (κ2) is 6.49. The van der Waals surface area contributed by atoms with Crippen LogP contribution in [0.2, 0.25) is 0 Å². The molecule has 0 saturated heterocycles. The van der Waals surface area contributed by atoms with Crippen LogP contribution in [0.25, 0.3) is 0 Å². The second-order valence-electron chi connectivity index (χ2n) is 4.53. The minimum Gasteiger partial charge on any atom is -0.267 e. The Morgan fingerprint density at radius 1 is 0.955 bits per heavy atom. The molecule has 0 spiro atoms. The summed E-state index contributed by atoms with van der Waals surface area (Å²) in [4.78, 5) is 33.9. The van der Waals surface area contributed by atoms with Crippen molar-refractivity contribution in [1.82, 2.24) is 10.9 Å². The van der Waals surface area contributed by atoms with Crippen molar-refractivity contribution in [3.8, 4) is 0 Å². The highest BCUT2D eigenvalue weighted by molar-refractivity contribution is 5.99. The first-order valence-electron chi connectivity index (χ1n) is 6.40. The summed E-state index contributed by atoms with van der Waals surface area (Å²) in [6, 6.07) is 12.4. The Balaban J connectivity index is 2.02. The molecular formula is C15H13N3O4. The van der Waals surface area contributed by atoms with Crippen molar-refractivity contribution in [2.45, 2.75) is 6.92 Å². The van der Waals surface area contributed by atoms with Gasteiger partial charge in [-0.3, -0.25) is 30.6 Å². The van der Waals surface area contributed by atoms with E-state index in [0.717, 1.165) is 0 Å². The van der Waals surface area contributed by atoms with Gasteiger partial charge in [-0.2, -0.15) is 0 Å². The molecule has 0 fully saturated rings. The van der Waals surface area contributed by atoms with Gasteiger partial charge in [0.15, 0.2) is 0 Å². The number of hydrazine groups is 1. The monoisotopic (exact) mass is 299 g/mol. The van der Waals surface area contributed by atoms with Crippen molar-refractivity contribution < 1.29 is 14.5 Å². The van der Waals surface area contributed by atoms with Gasteiger partial charge in [0.1, 0.15) is 0 Å². The number of nitrogens with one attached hydrogen (secondary N) is 2. The lowest BCUT2D eigenvalue weighted by Gasteiger charge is -2.08. The Morgan fingerprint density at radius 2 is 1.55 bits per heavy atom. The fourth-order valence-electron chi connectivity index (χ4n) is 1.85. The lowest BCUT2D eigenvalue weighted by molar-refractivity contribution is -0.385. The quantitative estimate of drug-likeness (QED) is 0.668. The minimum atomic E-state index is -0.553. The maximum atomic E-state index is 11.9. The Labute approximate surface area is 126 Å². The molecule has 0 atom stereocenters. The normalized spacial score (nSPS) is 9.86. The molecule has 0 saturated carbocycles. The molecule has 22 heavy (non-hydrogen) atoms. The number of hydrogen-bond donors (Lipinski definition) is 2. The van der Waals surface area contributed by atoms with E-state index in [1.807, 2.05) is 0 Å². The van der Waals surface area contributed by atoms with E-state index in [9.17, 15) is 19.7 Å². The zero-order chi connectivity index (χ0) is 16.1. The van der Waals surface area contributed by atoms with Gasteiger partial charge in [-0.05, 0) is 31.2 Å². The Morgan fingerprint density at radius 3 is 2.09 bits per heavy atom. The molecule has 0 bridgehead atoms. The number of aryl methyl sites for hydroxylation is 1. The molecule has 0 heterocycles. The van der Waals surface area contributed by atoms with E-state index in [0.29, 0.717) is 11.1 Å². The van der Waals surface area contributed by atoms with E-state index in [2.05, 4.69) is 10.9 Å². The van der Waals surface area contributed by atoms with Crippen molar-refractivity contribution in [3.05, 3.63) is 75.3 Å². The van der Waals surface area contributed by atoms with E-state index < -0.39 is 16.7 Å². The van der Waals surface area contributed by atoms with Gasteiger partial charge in [0.05, 0.1) is 4.92 Å². The first-order chi connectivity index (χ1) is 10.5. The van der Waals surface area contributed by atoms with E-state index >= 15 is 0 Å². The number of amides is 2. The molecule has 2 rings (SSSR count). The maximum Gasteiger partial charge on any atom is 0.272 e. The van der Waals surface area contributed by atoms with Crippen LogP contribution in [0.15, 0.2) is 48.5 Å². The molecule has 0 aliphatic carbocycles.